The average Bonchev–Trinajstić information content (AvgIpc) is 3.43. The van der Waals surface area contributed by atoms with E-state index in [0.717, 1.165) is 34.5 Å². The molecule has 0 atom stereocenters. The molecule has 1 N–H and O–H groups in total. The Hall–Kier alpha value is -3.52. The maximum Gasteiger partial charge on any atom is 0.322 e. The van der Waals surface area contributed by atoms with Gasteiger partial charge in [-0.2, -0.15) is 0 Å². The molecule has 1 fully saturated rings. The number of para-hydroxylation sites is 1. The maximum atomic E-state index is 13.6. The molecule has 3 amide bonds. The lowest BCUT2D eigenvalue weighted by molar-refractivity contribution is -0.133. The Bertz CT molecular complexity index is 1180. The molecule has 2 heterocycles. The van der Waals surface area contributed by atoms with E-state index < -0.39 is 0 Å². The molecule has 34 heavy (non-hydrogen) atoms. The predicted octanol–water partition coefficient (Wildman–Crippen LogP) is 5.01. The van der Waals surface area contributed by atoms with Crippen molar-refractivity contribution in [2.75, 3.05) is 18.7 Å². The molecule has 176 valence electrons. The van der Waals surface area contributed by atoms with E-state index in [-0.39, 0.29) is 31.3 Å². The van der Waals surface area contributed by atoms with Crippen molar-refractivity contribution in [1.82, 2.24) is 9.80 Å². The molecule has 7 nitrogen and oxygen atoms in total. The molecule has 5 rings (SSSR count). The third kappa shape index (κ3) is 5.17. The number of ether oxygens (including phenoxy) is 2. The highest BCUT2D eigenvalue weighted by Gasteiger charge is 2.35. The van der Waals surface area contributed by atoms with Gasteiger partial charge >= 0.3 is 6.03 Å². The Morgan fingerprint density at radius 3 is 2.56 bits per heavy atom. The highest BCUT2D eigenvalue weighted by molar-refractivity contribution is 7.10. The van der Waals surface area contributed by atoms with Gasteiger partial charge in [-0.15, -0.1) is 11.3 Å². The number of nitrogens with zero attached hydrogens (tertiary/aromatic N) is 2. The number of benzene rings is 2. The molecule has 0 spiro atoms. The van der Waals surface area contributed by atoms with Gasteiger partial charge in [-0.1, -0.05) is 24.3 Å². The maximum absolute atomic E-state index is 13.6. The second-order valence-corrected chi connectivity index (χ2v) is 9.62. The van der Waals surface area contributed by atoms with Crippen molar-refractivity contribution in [3.05, 3.63) is 76.0 Å². The van der Waals surface area contributed by atoms with Crippen molar-refractivity contribution < 1.29 is 19.1 Å². The number of thiophene rings is 1. The zero-order valence-corrected chi connectivity index (χ0v) is 19.8. The van der Waals surface area contributed by atoms with E-state index in [0.29, 0.717) is 24.6 Å². The first-order valence-corrected chi connectivity index (χ1v) is 12.3. The van der Waals surface area contributed by atoms with Crippen LogP contribution in [0.2, 0.25) is 0 Å². The van der Waals surface area contributed by atoms with Crippen molar-refractivity contribution >= 4 is 29.0 Å². The molecular formula is C26H27N3O4S. The summed E-state index contributed by atoms with van der Waals surface area (Å²) in [5.74, 6) is 1.33. The summed E-state index contributed by atoms with van der Waals surface area (Å²) in [5, 5.41) is 4.97. The Kier molecular flexibility index (Phi) is 6.40. The van der Waals surface area contributed by atoms with Crippen LogP contribution in [0.3, 0.4) is 0 Å². The van der Waals surface area contributed by atoms with Crippen LogP contribution in [-0.2, 0) is 17.9 Å². The predicted molar refractivity (Wildman–Crippen MR) is 131 cm³/mol. The quantitative estimate of drug-likeness (QED) is 0.495. The van der Waals surface area contributed by atoms with Crippen LogP contribution in [0.4, 0.5) is 10.5 Å². The van der Waals surface area contributed by atoms with Gasteiger partial charge in [-0.25, -0.2) is 4.79 Å². The fraction of sp³-hybridized carbons (Fsp3) is 0.308. The summed E-state index contributed by atoms with van der Waals surface area (Å²) in [6.07, 6.45) is 1.84. The van der Waals surface area contributed by atoms with Gasteiger partial charge in [0.2, 0.25) is 12.7 Å². The number of hydrogen-bond acceptors (Lipinski definition) is 5. The van der Waals surface area contributed by atoms with Gasteiger partial charge in [-0.05, 0) is 66.6 Å². The van der Waals surface area contributed by atoms with Crippen LogP contribution in [0, 0.1) is 6.92 Å². The summed E-state index contributed by atoms with van der Waals surface area (Å²) in [5.41, 5.74) is 2.84. The van der Waals surface area contributed by atoms with E-state index in [2.05, 4.69) is 18.3 Å². The fourth-order valence-electron chi connectivity index (χ4n) is 3.95. The molecule has 1 aliphatic carbocycles. The number of urea groups is 1. The molecule has 8 heteroatoms. The van der Waals surface area contributed by atoms with Crippen molar-refractivity contribution in [3.8, 4) is 11.5 Å². The first kappa shape index (κ1) is 22.3. The molecule has 0 radical (unpaired) electrons. The molecule has 1 aliphatic heterocycles. The number of rotatable bonds is 8. The number of carbonyl (C=O) groups is 2. The van der Waals surface area contributed by atoms with Crippen LogP contribution < -0.4 is 14.8 Å². The van der Waals surface area contributed by atoms with Crippen molar-refractivity contribution in [2.45, 2.75) is 38.9 Å². The summed E-state index contributed by atoms with van der Waals surface area (Å²) in [4.78, 5) is 31.2. The molecule has 0 saturated heterocycles. The normalized spacial score (nSPS) is 14.0. The Morgan fingerprint density at radius 1 is 1.03 bits per heavy atom. The van der Waals surface area contributed by atoms with Crippen LogP contribution in [-0.4, -0.2) is 41.1 Å². The summed E-state index contributed by atoms with van der Waals surface area (Å²) in [7, 11) is 0. The molecule has 1 aromatic heterocycles. The van der Waals surface area contributed by atoms with Crippen molar-refractivity contribution in [2.24, 2.45) is 0 Å². The van der Waals surface area contributed by atoms with Crippen LogP contribution in [0.15, 0.2) is 60.0 Å². The lowest BCUT2D eigenvalue weighted by atomic mass is 10.1. The first-order chi connectivity index (χ1) is 16.6. The molecule has 0 bridgehead atoms. The van der Waals surface area contributed by atoms with Crippen molar-refractivity contribution in [1.29, 1.82) is 0 Å². The second-order valence-electron chi connectivity index (χ2n) is 8.62. The van der Waals surface area contributed by atoms with Crippen LogP contribution in [0.1, 0.15) is 28.8 Å². The van der Waals surface area contributed by atoms with Crippen LogP contribution in [0.25, 0.3) is 0 Å². The van der Waals surface area contributed by atoms with Gasteiger partial charge in [0.05, 0.1) is 6.54 Å². The van der Waals surface area contributed by atoms with E-state index in [1.165, 1.54) is 0 Å². The van der Waals surface area contributed by atoms with Gasteiger partial charge in [0.15, 0.2) is 11.5 Å². The number of aryl methyl sites for hydroxylation is 1. The Morgan fingerprint density at radius 2 is 1.82 bits per heavy atom. The minimum Gasteiger partial charge on any atom is -0.454 e. The number of anilines is 1. The van der Waals surface area contributed by atoms with E-state index in [1.807, 2.05) is 58.8 Å². The lowest BCUT2D eigenvalue weighted by Gasteiger charge is -2.28. The van der Waals surface area contributed by atoms with E-state index in [1.54, 1.807) is 16.2 Å². The zero-order chi connectivity index (χ0) is 23.5. The largest absolute Gasteiger partial charge is 0.454 e. The summed E-state index contributed by atoms with van der Waals surface area (Å²) in [6, 6.07) is 17.0. The molecule has 0 unspecified atom stereocenters. The Labute approximate surface area is 202 Å². The molecule has 2 aromatic carbocycles. The molecule has 1 saturated carbocycles. The number of carbonyl (C=O) groups excluding carboxylic acids is 2. The zero-order valence-electron chi connectivity index (χ0n) is 19.0. The number of hydrogen-bond donors (Lipinski definition) is 1. The van der Waals surface area contributed by atoms with Gasteiger partial charge in [0, 0.05) is 23.2 Å². The summed E-state index contributed by atoms with van der Waals surface area (Å²) < 4.78 is 10.9. The van der Waals surface area contributed by atoms with Crippen LogP contribution in [0.5, 0.6) is 11.5 Å². The highest BCUT2D eigenvalue weighted by Crippen LogP contribution is 2.33. The number of fused-ring (bicyclic) bond motifs is 1. The van der Waals surface area contributed by atoms with Gasteiger partial charge < -0.3 is 24.6 Å². The topological polar surface area (TPSA) is 71.1 Å². The smallest absolute Gasteiger partial charge is 0.322 e. The number of amides is 3. The highest BCUT2D eigenvalue weighted by atomic mass is 32.1. The average molecular weight is 478 g/mol. The van der Waals surface area contributed by atoms with Crippen LogP contribution >= 0.6 is 11.3 Å². The molecule has 2 aliphatic rings. The lowest BCUT2D eigenvalue weighted by Crippen LogP contribution is -2.45. The minimum atomic E-state index is -0.239. The van der Waals surface area contributed by atoms with Crippen molar-refractivity contribution in [3.63, 3.8) is 0 Å². The Balaban J connectivity index is 1.33. The summed E-state index contributed by atoms with van der Waals surface area (Å²) in [6.45, 7) is 3.22. The van der Waals surface area contributed by atoms with E-state index in [9.17, 15) is 9.59 Å². The first-order valence-electron chi connectivity index (χ1n) is 11.4. The van der Waals surface area contributed by atoms with Gasteiger partial charge in [-0.3, -0.25) is 4.79 Å². The van der Waals surface area contributed by atoms with E-state index >= 15 is 0 Å². The molecular weight excluding hydrogens is 450 g/mol. The van der Waals surface area contributed by atoms with Gasteiger partial charge in [0.25, 0.3) is 0 Å². The minimum absolute atomic E-state index is 0.0400. The van der Waals surface area contributed by atoms with E-state index in [4.69, 9.17) is 9.47 Å². The number of nitrogens with one attached hydrogen (secondary N) is 1. The SMILES string of the molecule is Cc1ccsc1CN(Cc1ccc2c(c1)OCO2)C(=O)CN(C(=O)Nc1ccccc1)C1CC1. The monoisotopic (exact) mass is 477 g/mol. The standard InChI is InChI=1S/C26H27N3O4S/c1-18-11-12-34-24(18)15-28(14-19-7-10-22-23(13-19)33-17-32-22)25(30)16-29(21-8-9-21)26(31)27-20-5-3-2-4-6-20/h2-7,10-13,21H,8-9,14-17H2,1H3,(H,27,31). The van der Waals surface area contributed by atoms with Gasteiger partial charge in [0.1, 0.15) is 6.54 Å². The fourth-order valence-corrected chi connectivity index (χ4v) is 4.87. The summed E-state index contributed by atoms with van der Waals surface area (Å²) >= 11 is 1.64. The second kappa shape index (κ2) is 9.77. The third-order valence-corrected chi connectivity index (χ3v) is 7.05. The third-order valence-electron chi connectivity index (χ3n) is 6.04. The molecule has 3 aromatic rings.